The highest BCUT2D eigenvalue weighted by atomic mass is 16.5. The summed E-state index contributed by atoms with van der Waals surface area (Å²) >= 11 is 0. The Bertz CT molecular complexity index is 416. The van der Waals surface area contributed by atoms with Crippen molar-refractivity contribution >= 4 is 0 Å². The molecule has 1 atom stereocenters. The molecule has 20 heavy (non-hydrogen) atoms. The molecule has 112 valence electrons. The van der Waals surface area contributed by atoms with Crippen LogP contribution >= 0.6 is 0 Å². The lowest BCUT2D eigenvalue weighted by Crippen LogP contribution is -2.29. The molecule has 0 saturated carbocycles. The number of hydrogen-bond donors (Lipinski definition) is 1. The first-order valence-corrected chi connectivity index (χ1v) is 7.27. The second kappa shape index (κ2) is 7.50. The van der Waals surface area contributed by atoms with E-state index in [0.717, 1.165) is 50.0 Å². The zero-order valence-electron chi connectivity index (χ0n) is 12.6. The average Bonchev–Trinajstić information content (AvgIpc) is 2.52. The molecule has 0 aliphatic carbocycles. The third kappa shape index (κ3) is 3.87. The van der Waals surface area contributed by atoms with Crippen LogP contribution in [0.4, 0.5) is 0 Å². The Morgan fingerprint density at radius 2 is 1.90 bits per heavy atom. The minimum atomic E-state index is 0.303. The number of nitrogens with one attached hydrogen (secondary N) is 1. The summed E-state index contributed by atoms with van der Waals surface area (Å²) in [6, 6.07) is 6.39. The van der Waals surface area contributed by atoms with E-state index >= 15 is 0 Å². The van der Waals surface area contributed by atoms with Gasteiger partial charge >= 0.3 is 0 Å². The van der Waals surface area contributed by atoms with Crippen molar-refractivity contribution in [3.05, 3.63) is 23.8 Å². The maximum Gasteiger partial charge on any atom is 0.161 e. The van der Waals surface area contributed by atoms with Crippen LogP contribution in [0.2, 0.25) is 0 Å². The monoisotopic (exact) mass is 279 g/mol. The molecule has 1 N–H and O–H groups in total. The zero-order chi connectivity index (χ0) is 14.4. The molecule has 1 aromatic carbocycles. The molecule has 1 fully saturated rings. The second-order valence-corrected chi connectivity index (χ2v) is 5.30. The molecule has 0 amide bonds. The van der Waals surface area contributed by atoms with Gasteiger partial charge in [0.25, 0.3) is 0 Å². The lowest BCUT2D eigenvalue weighted by Gasteiger charge is -2.24. The van der Waals surface area contributed by atoms with Gasteiger partial charge in [0.2, 0.25) is 0 Å². The number of ether oxygens (including phenoxy) is 3. The Hall–Kier alpha value is -1.26. The molecule has 4 heteroatoms. The van der Waals surface area contributed by atoms with Crippen molar-refractivity contribution in [3.63, 3.8) is 0 Å². The summed E-state index contributed by atoms with van der Waals surface area (Å²) in [7, 11) is 3.33. The summed E-state index contributed by atoms with van der Waals surface area (Å²) in [5.74, 6) is 2.28. The average molecular weight is 279 g/mol. The molecule has 0 bridgehead atoms. The van der Waals surface area contributed by atoms with Gasteiger partial charge in [-0.3, -0.25) is 0 Å². The van der Waals surface area contributed by atoms with Gasteiger partial charge in [-0.1, -0.05) is 6.07 Å². The molecule has 1 unspecified atom stereocenters. The maximum atomic E-state index is 5.39. The van der Waals surface area contributed by atoms with E-state index in [1.165, 1.54) is 5.56 Å². The van der Waals surface area contributed by atoms with E-state index in [1.54, 1.807) is 14.2 Å². The highest BCUT2D eigenvalue weighted by molar-refractivity contribution is 5.43. The first-order chi connectivity index (χ1) is 9.74. The fourth-order valence-corrected chi connectivity index (χ4v) is 2.53. The number of methoxy groups -OCH3 is 2. The number of benzene rings is 1. The SMILES string of the molecule is COc1ccc(C(C)NCC2CCOCC2)cc1OC. The van der Waals surface area contributed by atoms with E-state index in [1.807, 2.05) is 12.1 Å². The number of rotatable bonds is 6. The zero-order valence-corrected chi connectivity index (χ0v) is 12.6. The van der Waals surface area contributed by atoms with Crippen LogP contribution in [0.3, 0.4) is 0 Å². The summed E-state index contributed by atoms with van der Waals surface area (Å²) in [5, 5.41) is 3.61. The van der Waals surface area contributed by atoms with Gasteiger partial charge in [-0.15, -0.1) is 0 Å². The quantitative estimate of drug-likeness (QED) is 0.869. The van der Waals surface area contributed by atoms with Crippen molar-refractivity contribution in [1.29, 1.82) is 0 Å². The first-order valence-electron chi connectivity index (χ1n) is 7.27. The molecule has 1 heterocycles. The summed E-state index contributed by atoms with van der Waals surface area (Å²) in [6.07, 6.45) is 2.32. The van der Waals surface area contributed by atoms with E-state index < -0.39 is 0 Å². The van der Waals surface area contributed by atoms with Gasteiger partial charge in [0.15, 0.2) is 11.5 Å². The highest BCUT2D eigenvalue weighted by Gasteiger charge is 2.15. The van der Waals surface area contributed by atoms with Crippen LogP contribution in [-0.2, 0) is 4.74 Å². The Labute approximate surface area is 121 Å². The molecular weight excluding hydrogens is 254 g/mol. The summed E-state index contributed by atoms with van der Waals surface area (Å²) in [5.41, 5.74) is 1.22. The Kier molecular flexibility index (Phi) is 5.68. The van der Waals surface area contributed by atoms with Crippen molar-refractivity contribution in [2.75, 3.05) is 34.0 Å². The van der Waals surface area contributed by atoms with Crippen LogP contribution < -0.4 is 14.8 Å². The summed E-state index contributed by atoms with van der Waals surface area (Å²) in [4.78, 5) is 0. The molecule has 1 aliphatic heterocycles. The minimum Gasteiger partial charge on any atom is -0.493 e. The van der Waals surface area contributed by atoms with Gasteiger partial charge in [0.1, 0.15) is 0 Å². The van der Waals surface area contributed by atoms with Crippen molar-refractivity contribution < 1.29 is 14.2 Å². The van der Waals surface area contributed by atoms with Crippen LogP contribution in [0.1, 0.15) is 31.4 Å². The van der Waals surface area contributed by atoms with Crippen LogP contribution in [0.15, 0.2) is 18.2 Å². The molecule has 0 aromatic heterocycles. The molecule has 0 radical (unpaired) electrons. The Morgan fingerprint density at radius 3 is 2.55 bits per heavy atom. The lowest BCUT2D eigenvalue weighted by atomic mass is 9.99. The predicted octanol–water partition coefficient (Wildman–Crippen LogP) is 2.78. The van der Waals surface area contributed by atoms with Gasteiger partial charge < -0.3 is 19.5 Å². The van der Waals surface area contributed by atoms with Crippen molar-refractivity contribution in [3.8, 4) is 11.5 Å². The van der Waals surface area contributed by atoms with Gasteiger partial charge in [-0.25, -0.2) is 0 Å². The van der Waals surface area contributed by atoms with Gasteiger partial charge in [-0.2, -0.15) is 0 Å². The molecule has 1 saturated heterocycles. The van der Waals surface area contributed by atoms with Gasteiger partial charge in [0, 0.05) is 19.3 Å². The van der Waals surface area contributed by atoms with Gasteiger partial charge in [0.05, 0.1) is 14.2 Å². The topological polar surface area (TPSA) is 39.7 Å². The van der Waals surface area contributed by atoms with Crippen molar-refractivity contribution in [2.45, 2.75) is 25.8 Å². The fraction of sp³-hybridized carbons (Fsp3) is 0.625. The maximum absolute atomic E-state index is 5.39. The molecule has 4 nitrogen and oxygen atoms in total. The predicted molar refractivity (Wildman–Crippen MR) is 79.5 cm³/mol. The molecule has 1 aliphatic rings. The van der Waals surface area contributed by atoms with Crippen LogP contribution in [0, 0.1) is 5.92 Å². The lowest BCUT2D eigenvalue weighted by molar-refractivity contribution is 0.0656. The smallest absolute Gasteiger partial charge is 0.161 e. The summed E-state index contributed by atoms with van der Waals surface area (Å²) in [6.45, 7) is 5.02. The van der Waals surface area contributed by atoms with E-state index in [-0.39, 0.29) is 0 Å². The minimum absolute atomic E-state index is 0.303. The van der Waals surface area contributed by atoms with E-state index in [9.17, 15) is 0 Å². The number of hydrogen-bond acceptors (Lipinski definition) is 4. The highest BCUT2D eigenvalue weighted by Crippen LogP contribution is 2.30. The molecule has 0 spiro atoms. The fourth-order valence-electron chi connectivity index (χ4n) is 2.53. The normalized spacial score (nSPS) is 17.8. The Balaban J connectivity index is 1.92. The second-order valence-electron chi connectivity index (χ2n) is 5.30. The third-order valence-electron chi connectivity index (χ3n) is 3.96. The Morgan fingerprint density at radius 1 is 1.20 bits per heavy atom. The molecule has 2 rings (SSSR count). The van der Waals surface area contributed by atoms with Crippen LogP contribution in [0.25, 0.3) is 0 Å². The van der Waals surface area contributed by atoms with E-state index in [2.05, 4.69) is 18.3 Å². The van der Waals surface area contributed by atoms with E-state index in [0.29, 0.717) is 6.04 Å². The molecular formula is C16H25NO3. The summed E-state index contributed by atoms with van der Waals surface area (Å²) < 4.78 is 16.0. The van der Waals surface area contributed by atoms with Crippen molar-refractivity contribution in [2.24, 2.45) is 5.92 Å². The third-order valence-corrected chi connectivity index (χ3v) is 3.96. The van der Waals surface area contributed by atoms with Crippen LogP contribution in [-0.4, -0.2) is 34.0 Å². The molecule has 1 aromatic rings. The first kappa shape index (κ1) is 15.1. The van der Waals surface area contributed by atoms with Gasteiger partial charge in [-0.05, 0) is 49.9 Å². The van der Waals surface area contributed by atoms with E-state index in [4.69, 9.17) is 14.2 Å². The van der Waals surface area contributed by atoms with Crippen LogP contribution in [0.5, 0.6) is 11.5 Å². The van der Waals surface area contributed by atoms with Crippen molar-refractivity contribution in [1.82, 2.24) is 5.32 Å². The largest absolute Gasteiger partial charge is 0.493 e. The standard InChI is InChI=1S/C16H25NO3/c1-12(17-11-13-6-8-20-9-7-13)14-4-5-15(18-2)16(10-14)19-3/h4-5,10,12-13,17H,6-9,11H2,1-3H3.